The molecule has 0 aliphatic carbocycles. The van der Waals surface area contributed by atoms with Crippen LogP contribution in [-0.4, -0.2) is 76.4 Å². The minimum atomic E-state index is 0.244. The molecule has 6 nitrogen and oxygen atoms in total. The lowest BCUT2D eigenvalue weighted by Crippen LogP contribution is -2.41. The van der Waals surface area contributed by atoms with Crippen LogP contribution >= 0.6 is 0 Å². The van der Waals surface area contributed by atoms with Crippen molar-refractivity contribution in [1.82, 2.24) is 15.1 Å². The Morgan fingerprint density at radius 3 is 2.50 bits per heavy atom. The lowest BCUT2D eigenvalue weighted by atomic mass is 10.0. The Kier molecular flexibility index (Phi) is 7.34. The van der Waals surface area contributed by atoms with Gasteiger partial charge in [-0.15, -0.1) is 0 Å². The Bertz CT molecular complexity index is 510. The van der Waals surface area contributed by atoms with Gasteiger partial charge >= 0.3 is 0 Å². The number of benzene rings is 1. The Balaban J connectivity index is 2.19. The zero-order valence-corrected chi connectivity index (χ0v) is 15.3. The molecule has 1 aromatic carbocycles. The predicted octanol–water partition coefficient (Wildman–Crippen LogP) is 1.60. The summed E-state index contributed by atoms with van der Waals surface area (Å²) in [7, 11) is 5.72. The van der Waals surface area contributed by atoms with Gasteiger partial charge in [0.05, 0.1) is 32.9 Å². The van der Waals surface area contributed by atoms with Crippen LogP contribution in [0.3, 0.4) is 0 Å². The minimum Gasteiger partial charge on any atom is -0.497 e. The molecular weight excluding hydrogens is 304 g/mol. The summed E-state index contributed by atoms with van der Waals surface area (Å²) in [5, 5.41) is 3.32. The molecule has 1 aliphatic heterocycles. The fourth-order valence-electron chi connectivity index (χ4n) is 2.83. The maximum absolute atomic E-state index is 5.51. The molecule has 2 rings (SSSR count). The van der Waals surface area contributed by atoms with Gasteiger partial charge < -0.3 is 19.7 Å². The lowest BCUT2D eigenvalue weighted by Gasteiger charge is -2.34. The maximum atomic E-state index is 5.51. The Hall–Kier alpha value is -1.79. The molecule has 24 heavy (non-hydrogen) atoms. The molecule has 6 heteroatoms. The fraction of sp³-hybridized carbons (Fsp3) is 0.611. The molecule has 0 aromatic heterocycles. The molecule has 1 atom stereocenters. The van der Waals surface area contributed by atoms with Crippen LogP contribution < -0.4 is 10.1 Å². The summed E-state index contributed by atoms with van der Waals surface area (Å²) < 4.78 is 10.8. The fourth-order valence-corrected chi connectivity index (χ4v) is 2.83. The van der Waals surface area contributed by atoms with Crippen molar-refractivity contribution in [2.24, 2.45) is 4.99 Å². The van der Waals surface area contributed by atoms with Gasteiger partial charge in [-0.25, -0.2) is 0 Å². The van der Waals surface area contributed by atoms with E-state index in [0.717, 1.165) is 44.6 Å². The summed E-state index contributed by atoms with van der Waals surface area (Å²) >= 11 is 0. The lowest BCUT2D eigenvalue weighted by molar-refractivity contribution is 0.0179. The molecule has 0 saturated carbocycles. The predicted molar refractivity (Wildman–Crippen MR) is 97.8 cm³/mol. The van der Waals surface area contributed by atoms with E-state index in [1.165, 1.54) is 5.56 Å². The summed E-state index contributed by atoms with van der Waals surface area (Å²) in [5.74, 6) is 1.80. The maximum Gasteiger partial charge on any atom is 0.193 e. The van der Waals surface area contributed by atoms with Gasteiger partial charge in [0.15, 0.2) is 5.96 Å². The van der Waals surface area contributed by atoms with E-state index >= 15 is 0 Å². The average Bonchev–Trinajstić information content (AvgIpc) is 2.62. The molecule has 0 bridgehead atoms. The largest absolute Gasteiger partial charge is 0.497 e. The third-order valence-electron chi connectivity index (χ3n) is 4.16. The number of guanidine groups is 1. The van der Waals surface area contributed by atoms with E-state index < -0.39 is 0 Å². The van der Waals surface area contributed by atoms with Crippen LogP contribution in [0.4, 0.5) is 0 Å². The highest BCUT2D eigenvalue weighted by atomic mass is 16.5. The van der Waals surface area contributed by atoms with E-state index in [-0.39, 0.29) is 6.04 Å². The monoisotopic (exact) mass is 334 g/mol. The highest BCUT2D eigenvalue weighted by molar-refractivity contribution is 5.79. The number of rotatable bonds is 6. The quantitative estimate of drug-likeness (QED) is 0.632. The molecule has 0 radical (unpaired) electrons. The SMILES string of the molecule is CCNC(=NCC(c1ccc(OC)cc1)N1CCOCC1)N(C)C. The third kappa shape index (κ3) is 5.11. The topological polar surface area (TPSA) is 49.3 Å². The number of morpholine rings is 1. The minimum absolute atomic E-state index is 0.244. The molecule has 1 aromatic rings. The molecule has 134 valence electrons. The summed E-state index contributed by atoms with van der Waals surface area (Å²) in [5.41, 5.74) is 1.26. The Morgan fingerprint density at radius 2 is 1.96 bits per heavy atom. The third-order valence-corrected chi connectivity index (χ3v) is 4.16. The first-order valence-corrected chi connectivity index (χ1v) is 8.57. The van der Waals surface area contributed by atoms with E-state index in [4.69, 9.17) is 14.5 Å². The van der Waals surface area contributed by atoms with E-state index in [1.807, 2.05) is 31.1 Å². The van der Waals surface area contributed by atoms with Crippen molar-refractivity contribution in [3.05, 3.63) is 29.8 Å². The second-order valence-corrected chi connectivity index (χ2v) is 6.03. The number of hydrogen-bond donors (Lipinski definition) is 1. The summed E-state index contributed by atoms with van der Waals surface area (Å²) in [6.07, 6.45) is 0. The number of aliphatic imine (C=N–C) groups is 1. The van der Waals surface area contributed by atoms with Crippen LogP contribution in [-0.2, 0) is 4.74 Å². The second kappa shape index (κ2) is 9.49. The van der Waals surface area contributed by atoms with E-state index in [0.29, 0.717) is 6.54 Å². The van der Waals surface area contributed by atoms with Crippen LogP contribution in [0.15, 0.2) is 29.3 Å². The zero-order chi connectivity index (χ0) is 17.4. The number of nitrogens with zero attached hydrogens (tertiary/aromatic N) is 3. The van der Waals surface area contributed by atoms with Crippen LogP contribution in [0, 0.1) is 0 Å². The normalized spacial score (nSPS) is 17.4. The highest BCUT2D eigenvalue weighted by Crippen LogP contribution is 2.24. The van der Waals surface area contributed by atoms with Gasteiger partial charge in [-0.1, -0.05) is 12.1 Å². The van der Waals surface area contributed by atoms with Crippen molar-refractivity contribution in [3.8, 4) is 5.75 Å². The van der Waals surface area contributed by atoms with Gasteiger partial charge in [-0.2, -0.15) is 0 Å². The Labute approximate surface area is 145 Å². The van der Waals surface area contributed by atoms with Crippen LogP contribution in [0.5, 0.6) is 5.75 Å². The van der Waals surface area contributed by atoms with E-state index in [9.17, 15) is 0 Å². The summed E-state index contributed by atoms with van der Waals surface area (Å²) in [6.45, 7) is 7.10. The van der Waals surface area contributed by atoms with Gasteiger partial charge in [-0.05, 0) is 24.6 Å². The van der Waals surface area contributed by atoms with Crippen molar-refractivity contribution in [1.29, 1.82) is 0 Å². The Morgan fingerprint density at radius 1 is 1.29 bits per heavy atom. The van der Waals surface area contributed by atoms with Crippen molar-refractivity contribution < 1.29 is 9.47 Å². The molecule has 1 unspecified atom stereocenters. The standard InChI is InChI=1S/C18H30N4O2/c1-5-19-18(21(2)3)20-14-17(22-10-12-24-13-11-22)15-6-8-16(23-4)9-7-15/h6-9,17H,5,10-14H2,1-4H3,(H,19,20). The van der Waals surface area contributed by atoms with Gasteiger partial charge in [0.1, 0.15) is 5.75 Å². The second-order valence-electron chi connectivity index (χ2n) is 6.03. The molecule has 1 saturated heterocycles. The molecule has 1 fully saturated rings. The van der Waals surface area contributed by atoms with Crippen LogP contribution in [0.1, 0.15) is 18.5 Å². The first-order chi connectivity index (χ1) is 11.7. The van der Waals surface area contributed by atoms with Gasteiger partial charge in [0, 0.05) is 33.7 Å². The van der Waals surface area contributed by atoms with Gasteiger partial charge in [-0.3, -0.25) is 9.89 Å². The molecule has 1 aliphatic rings. The van der Waals surface area contributed by atoms with Crippen LogP contribution in [0.2, 0.25) is 0 Å². The summed E-state index contributed by atoms with van der Waals surface area (Å²) in [6, 6.07) is 8.55. The van der Waals surface area contributed by atoms with Crippen molar-refractivity contribution in [2.75, 3.05) is 60.6 Å². The van der Waals surface area contributed by atoms with Crippen molar-refractivity contribution in [2.45, 2.75) is 13.0 Å². The van der Waals surface area contributed by atoms with Crippen molar-refractivity contribution >= 4 is 5.96 Å². The molecule has 0 amide bonds. The average molecular weight is 334 g/mol. The molecule has 0 spiro atoms. The first-order valence-electron chi connectivity index (χ1n) is 8.57. The number of hydrogen-bond acceptors (Lipinski definition) is 4. The number of ether oxygens (including phenoxy) is 2. The zero-order valence-electron chi connectivity index (χ0n) is 15.3. The smallest absolute Gasteiger partial charge is 0.193 e. The van der Waals surface area contributed by atoms with Gasteiger partial charge in [0.25, 0.3) is 0 Å². The molecular formula is C18H30N4O2. The van der Waals surface area contributed by atoms with E-state index in [2.05, 4.69) is 29.3 Å². The van der Waals surface area contributed by atoms with E-state index in [1.54, 1.807) is 7.11 Å². The van der Waals surface area contributed by atoms with Gasteiger partial charge in [0.2, 0.25) is 0 Å². The number of methoxy groups -OCH3 is 1. The molecule has 1 N–H and O–H groups in total. The highest BCUT2D eigenvalue weighted by Gasteiger charge is 2.22. The number of nitrogens with one attached hydrogen (secondary N) is 1. The molecule has 1 heterocycles. The van der Waals surface area contributed by atoms with Crippen molar-refractivity contribution in [3.63, 3.8) is 0 Å². The van der Waals surface area contributed by atoms with Crippen LogP contribution in [0.25, 0.3) is 0 Å². The summed E-state index contributed by atoms with van der Waals surface area (Å²) in [4.78, 5) is 9.30. The first kappa shape index (κ1) is 18.5.